The van der Waals surface area contributed by atoms with Crippen LogP contribution in [0.4, 0.5) is 0 Å². The van der Waals surface area contributed by atoms with Crippen molar-refractivity contribution in [3.8, 4) is 0 Å². The van der Waals surface area contributed by atoms with E-state index in [2.05, 4.69) is 34.6 Å². The second-order valence-electron chi connectivity index (χ2n) is 7.87. The van der Waals surface area contributed by atoms with E-state index in [-0.39, 0.29) is 35.8 Å². The Balaban J connectivity index is 0.00000385. The molecule has 2 heterocycles. The quantitative estimate of drug-likeness (QED) is 0.138. The number of hydrogen-bond acceptors (Lipinski definition) is 5. The summed E-state index contributed by atoms with van der Waals surface area (Å²) in [5.74, 6) is 1.47. The van der Waals surface area contributed by atoms with Crippen molar-refractivity contribution in [3.63, 3.8) is 0 Å². The first-order chi connectivity index (χ1) is 15.6. The number of guanidine groups is 1. The Morgan fingerprint density at radius 2 is 1.73 bits per heavy atom. The van der Waals surface area contributed by atoms with Crippen molar-refractivity contribution >= 4 is 41.8 Å². The molecule has 2 N–H and O–H groups in total. The predicted molar refractivity (Wildman–Crippen MR) is 139 cm³/mol. The van der Waals surface area contributed by atoms with E-state index >= 15 is 0 Å². The van der Waals surface area contributed by atoms with Crippen LogP contribution in [0.1, 0.15) is 84.5 Å². The van der Waals surface area contributed by atoms with Gasteiger partial charge in [-0.05, 0) is 44.7 Å². The van der Waals surface area contributed by atoms with Crippen molar-refractivity contribution in [2.75, 3.05) is 19.6 Å². The van der Waals surface area contributed by atoms with Crippen molar-refractivity contribution < 1.29 is 14.1 Å². The lowest BCUT2D eigenvalue weighted by atomic mass is 9.99. The fourth-order valence-corrected chi connectivity index (χ4v) is 3.85. The minimum atomic E-state index is -0.201. The zero-order chi connectivity index (χ0) is 22.9. The third-order valence-corrected chi connectivity index (χ3v) is 5.70. The van der Waals surface area contributed by atoms with Gasteiger partial charge < -0.3 is 15.2 Å². The Morgan fingerprint density at radius 3 is 2.33 bits per heavy atom. The molecule has 0 saturated heterocycles. The Labute approximate surface area is 212 Å². The highest BCUT2D eigenvalue weighted by Crippen LogP contribution is 2.23. The van der Waals surface area contributed by atoms with Crippen LogP contribution in [0.2, 0.25) is 0 Å². The summed E-state index contributed by atoms with van der Waals surface area (Å²) in [7, 11) is 0. The molecular formula is C24H34IN5O3. The molecule has 9 heteroatoms. The number of nitrogens with zero attached hydrogens (tertiary/aromatic N) is 3. The van der Waals surface area contributed by atoms with E-state index in [4.69, 9.17) is 4.52 Å². The van der Waals surface area contributed by atoms with Crippen LogP contribution in [-0.4, -0.2) is 47.5 Å². The lowest BCUT2D eigenvalue weighted by Gasteiger charge is -2.14. The maximum atomic E-state index is 12.4. The molecule has 0 unspecified atom stereocenters. The number of amides is 2. The van der Waals surface area contributed by atoms with Gasteiger partial charge in [0.15, 0.2) is 11.7 Å². The van der Waals surface area contributed by atoms with E-state index in [1.807, 2.05) is 13.0 Å². The lowest BCUT2D eigenvalue weighted by Crippen LogP contribution is -2.38. The number of rotatable bonds is 11. The van der Waals surface area contributed by atoms with Gasteiger partial charge in [-0.3, -0.25) is 14.5 Å². The van der Waals surface area contributed by atoms with Gasteiger partial charge in [0.1, 0.15) is 6.54 Å². The van der Waals surface area contributed by atoms with E-state index in [1.54, 1.807) is 24.3 Å². The van der Waals surface area contributed by atoms with Crippen LogP contribution in [0.5, 0.6) is 0 Å². The third kappa shape index (κ3) is 6.78. The van der Waals surface area contributed by atoms with Crippen LogP contribution in [-0.2, 0) is 6.54 Å². The van der Waals surface area contributed by atoms with Crippen LogP contribution in [0.25, 0.3) is 0 Å². The summed E-state index contributed by atoms with van der Waals surface area (Å²) in [6.07, 6.45) is 3.60. The molecule has 3 rings (SSSR count). The maximum Gasteiger partial charge on any atom is 0.261 e. The molecule has 0 spiro atoms. The average molecular weight is 567 g/mol. The first-order valence-electron chi connectivity index (χ1n) is 11.5. The van der Waals surface area contributed by atoms with Crippen LogP contribution >= 0.6 is 24.0 Å². The molecule has 180 valence electrons. The van der Waals surface area contributed by atoms with E-state index < -0.39 is 0 Å². The standard InChI is InChI=1S/C24H33N5O3.HI/c1-4-17(5-2)21-15-18(32-28-21)16-27-24(25-6-3)26-13-9-10-14-29-22(30)19-11-7-8-12-20(19)23(29)31;/h7-8,11-12,15,17H,4-6,9-10,13-14,16H2,1-3H3,(H2,25,26,27);1H. The number of aromatic nitrogens is 1. The summed E-state index contributed by atoms with van der Waals surface area (Å²) in [4.78, 5) is 30.7. The Morgan fingerprint density at radius 1 is 1.06 bits per heavy atom. The molecule has 1 aromatic heterocycles. The highest BCUT2D eigenvalue weighted by atomic mass is 127. The summed E-state index contributed by atoms with van der Waals surface area (Å²) in [5.41, 5.74) is 1.99. The fourth-order valence-electron chi connectivity index (χ4n) is 3.85. The van der Waals surface area contributed by atoms with Gasteiger partial charge in [-0.25, -0.2) is 4.99 Å². The number of carbonyl (C=O) groups excluding carboxylic acids is 2. The number of imide groups is 1. The highest BCUT2D eigenvalue weighted by Gasteiger charge is 2.34. The van der Waals surface area contributed by atoms with Crippen LogP contribution < -0.4 is 10.6 Å². The molecule has 0 atom stereocenters. The number of hydrogen-bond donors (Lipinski definition) is 2. The molecule has 8 nitrogen and oxygen atoms in total. The Bertz CT molecular complexity index is 920. The summed E-state index contributed by atoms with van der Waals surface area (Å²) >= 11 is 0. The van der Waals surface area contributed by atoms with Gasteiger partial charge in [-0.2, -0.15) is 0 Å². The number of benzene rings is 1. The SMILES string of the molecule is CCNC(=NCc1cc(C(CC)CC)no1)NCCCCN1C(=O)c2ccccc2C1=O.I. The Hall–Kier alpha value is -2.43. The molecule has 33 heavy (non-hydrogen) atoms. The minimum absolute atomic E-state index is 0. The van der Waals surface area contributed by atoms with E-state index in [1.165, 1.54) is 4.90 Å². The van der Waals surface area contributed by atoms with Crippen LogP contribution in [0.3, 0.4) is 0 Å². The number of fused-ring (bicyclic) bond motifs is 1. The van der Waals surface area contributed by atoms with Gasteiger partial charge in [0.2, 0.25) is 0 Å². The van der Waals surface area contributed by atoms with Crippen LogP contribution in [0.15, 0.2) is 39.8 Å². The smallest absolute Gasteiger partial charge is 0.261 e. The minimum Gasteiger partial charge on any atom is -0.359 e. The van der Waals surface area contributed by atoms with Gasteiger partial charge in [0.05, 0.1) is 16.8 Å². The molecular weight excluding hydrogens is 533 g/mol. The molecule has 1 aliphatic rings. The molecule has 0 aliphatic carbocycles. The highest BCUT2D eigenvalue weighted by molar-refractivity contribution is 14.0. The van der Waals surface area contributed by atoms with Crippen LogP contribution in [0, 0.1) is 0 Å². The molecule has 1 aromatic carbocycles. The van der Waals surface area contributed by atoms with E-state index in [0.29, 0.717) is 42.6 Å². The molecule has 0 radical (unpaired) electrons. The average Bonchev–Trinajstić information content (AvgIpc) is 3.37. The predicted octanol–water partition coefficient (Wildman–Crippen LogP) is 4.33. The zero-order valence-electron chi connectivity index (χ0n) is 19.6. The van der Waals surface area contributed by atoms with Crippen molar-refractivity contribution in [2.24, 2.45) is 4.99 Å². The Kier molecular flexibility index (Phi) is 10.8. The number of carbonyl (C=O) groups is 2. The summed E-state index contributed by atoms with van der Waals surface area (Å²) in [6.45, 7) is 8.58. The molecule has 2 aromatic rings. The van der Waals surface area contributed by atoms with Crippen molar-refractivity contribution in [1.82, 2.24) is 20.7 Å². The second kappa shape index (κ2) is 13.3. The summed E-state index contributed by atoms with van der Waals surface area (Å²) in [5, 5.41) is 10.7. The van der Waals surface area contributed by atoms with Crippen molar-refractivity contribution in [3.05, 3.63) is 52.9 Å². The lowest BCUT2D eigenvalue weighted by molar-refractivity contribution is 0.0652. The van der Waals surface area contributed by atoms with Crippen molar-refractivity contribution in [1.29, 1.82) is 0 Å². The number of unbranched alkanes of at least 4 members (excludes halogenated alkanes) is 1. The monoisotopic (exact) mass is 567 g/mol. The molecule has 0 saturated carbocycles. The van der Waals surface area contributed by atoms with E-state index in [9.17, 15) is 9.59 Å². The number of halogens is 1. The zero-order valence-corrected chi connectivity index (χ0v) is 21.9. The molecule has 1 aliphatic heterocycles. The molecule has 0 bridgehead atoms. The summed E-state index contributed by atoms with van der Waals surface area (Å²) < 4.78 is 5.44. The third-order valence-electron chi connectivity index (χ3n) is 5.70. The molecule has 2 amide bonds. The second-order valence-corrected chi connectivity index (χ2v) is 7.87. The largest absolute Gasteiger partial charge is 0.359 e. The fraction of sp³-hybridized carbons (Fsp3) is 0.500. The van der Waals surface area contributed by atoms with Crippen molar-refractivity contribution in [2.45, 2.75) is 58.9 Å². The van der Waals surface area contributed by atoms with Gasteiger partial charge in [-0.15, -0.1) is 24.0 Å². The number of aliphatic imine (C=N–C) groups is 1. The topological polar surface area (TPSA) is 99.8 Å². The van der Waals surface area contributed by atoms with Gasteiger partial charge in [-0.1, -0.05) is 31.1 Å². The first kappa shape index (κ1) is 26.8. The van der Waals surface area contributed by atoms with Gasteiger partial charge in [0, 0.05) is 31.6 Å². The number of nitrogens with one attached hydrogen (secondary N) is 2. The van der Waals surface area contributed by atoms with Gasteiger partial charge in [0.25, 0.3) is 11.8 Å². The van der Waals surface area contributed by atoms with E-state index in [0.717, 1.165) is 43.7 Å². The normalized spacial score (nSPS) is 13.3. The maximum absolute atomic E-state index is 12.4. The molecule has 0 fully saturated rings. The summed E-state index contributed by atoms with van der Waals surface area (Å²) in [6, 6.07) is 8.97. The first-order valence-corrected chi connectivity index (χ1v) is 11.5. The van der Waals surface area contributed by atoms with Gasteiger partial charge >= 0.3 is 0 Å².